The third-order valence-corrected chi connectivity index (χ3v) is 6.10. The van der Waals surface area contributed by atoms with Gasteiger partial charge < -0.3 is 10.1 Å². The fraction of sp³-hybridized carbons (Fsp3) is 0.375. The van der Waals surface area contributed by atoms with E-state index in [1.54, 1.807) is 12.1 Å². The molecule has 9 heteroatoms. The van der Waals surface area contributed by atoms with Gasteiger partial charge in [0.15, 0.2) is 0 Å². The number of nitrogens with one attached hydrogen (secondary N) is 2. The van der Waals surface area contributed by atoms with Crippen LogP contribution in [0.5, 0.6) is 0 Å². The fourth-order valence-corrected chi connectivity index (χ4v) is 4.39. The van der Waals surface area contributed by atoms with Crippen molar-refractivity contribution in [2.45, 2.75) is 30.8 Å². The largest absolute Gasteiger partial charge is 0.380 e. The number of thiazole rings is 1. The van der Waals surface area contributed by atoms with E-state index in [1.807, 2.05) is 12.3 Å². The van der Waals surface area contributed by atoms with E-state index in [0.717, 1.165) is 10.7 Å². The molecule has 0 bridgehead atoms. The molecule has 0 saturated carbocycles. The standard InChI is InChI=1S/C16H19N3O4S2/c1-11-18-14(10-24-11)8-17-16(20)12-3-2-4-15(7-12)25(21,22)19-13-5-6-23-9-13/h2-4,7,10,13,19H,5-6,8-9H2,1H3,(H,17,20)/t13-/m0/s1. The third-order valence-electron chi connectivity index (χ3n) is 3.75. The number of hydrogen-bond acceptors (Lipinski definition) is 6. The summed E-state index contributed by atoms with van der Waals surface area (Å²) < 4.78 is 32.7. The highest BCUT2D eigenvalue weighted by molar-refractivity contribution is 7.89. The zero-order valence-corrected chi connectivity index (χ0v) is 15.3. The molecule has 0 radical (unpaired) electrons. The number of carbonyl (C=O) groups is 1. The molecule has 7 nitrogen and oxygen atoms in total. The van der Waals surface area contributed by atoms with Gasteiger partial charge in [0.05, 0.1) is 28.7 Å². The number of carbonyl (C=O) groups excluding carboxylic acids is 1. The van der Waals surface area contributed by atoms with Crippen LogP contribution in [0.1, 0.15) is 27.5 Å². The van der Waals surface area contributed by atoms with Crippen LogP contribution in [-0.4, -0.2) is 38.6 Å². The number of rotatable bonds is 6. The number of sulfonamides is 1. The smallest absolute Gasteiger partial charge is 0.251 e. The molecule has 1 aromatic carbocycles. The van der Waals surface area contributed by atoms with Gasteiger partial charge in [-0.3, -0.25) is 4.79 Å². The molecule has 1 aromatic heterocycles. The molecule has 1 atom stereocenters. The summed E-state index contributed by atoms with van der Waals surface area (Å²) in [6.07, 6.45) is 0.645. The number of aromatic nitrogens is 1. The van der Waals surface area contributed by atoms with Crippen LogP contribution in [0.25, 0.3) is 0 Å². The maximum Gasteiger partial charge on any atom is 0.251 e. The highest BCUT2D eigenvalue weighted by Crippen LogP contribution is 2.15. The summed E-state index contributed by atoms with van der Waals surface area (Å²) in [6.45, 7) is 3.11. The van der Waals surface area contributed by atoms with Crippen molar-refractivity contribution >= 4 is 27.3 Å². The minimum Gasteiger partial charge on any atom is -0.380 e. The highest BCUT2D eigenvalue weighted by atomic mass is 32.2. The molecular formula is C16H19N3O4S2. The lowest BCUT2D eigenvalue weighted by molar-refractivity contribution is 0.0950. The molecule has 3 rings (SSSR count). The Morgan fingerprint density at radius 3 is 2.96 bits per heavy atom. The first-order valence-electron chi connectivity index (χ1n) is 7.83. The summed E-state index contributed by atoms with van der Waals surface area (Å²) >= 11 is 1.51. The van der Waals surface area contributed by atoms with Crippen molar-refractivity contribution in [1.82, 2.24) is 15.0 Å². The summed E-state index contributed by atoms with van der Waals surface area (Å²) in [6, 6.07) is 5.76. The maximum absolute atomic E-state index is 12.4. The Bertz CT molecular complexity index is 858. The Morgan fingerprint density at radius 2 is 2.28 bits per heavy atom. The second-order valence-corrected chi connectivity index (χ2v) is 8.53. The highest BCUT2D eigenvalue weighted by Gasteiger charge is 2.24. The van der Waals surface area contributed by atoms with E-state index >= 15 is 0 Å². The molecule has 1 aliphatic rings. The number of benzene rings is 1. The molecule has 2 N–H and O–H groups in total. The quantitative estimate of drug-likeness (QED) is 0.789. The van der Waals surface area contributed by atoms with Crippen LogP contribution in [-0.2, 0) is 21.3 Å². The average Bonchev–Trinajstić information content (AvgIpc) is 3.24. The molecule has 1 fully saturated rings. The van der Waals surface area contributed by atoms with Gasteiger partial charge in [-0.1, -0.05) is 6.07 Å². The van der Waals surface area contributed by atoms with Gasteiger partial charge in [-0.25, -0.2) is 18.1 Å². The summed E-state index contributed by atoms with van der Waals surface area (Å²) in [7, 11) is -3.68. The van der Waals surface area contributed by atoms with Crippen LogP contribution in [0.15, 0.2) is 34.5 Å². The van der Waals surface area contributed by atoms with E-state index < -0.39 is 10.0 Å². The summed E-state index contributed by atoms with van der Waals surface area (Å²) in [4.78, 5) is 16.6. The van der Waals surface area contributed by atoms with Crippen LogP contribution in [0, 0.1) is 6.92 Å². The minimum atomic E-state index is -3.68. The maximum atomic E-state index is 12.4. The first-order valence-corrected chi connectivity index (χ1v) is 10.2. The van der Waals surface area contributed by atoms with Gasteiger partial charge in [-0.2, -0.15) is 0 Å². The number of aryl methyl sites for hydroxylation is 1. The lowest BCUT2D eigenvalue weighted by Crippen LogP contribution is -2.35. The first kappa shape index (κ1) is 18.0. The number of ether oxygens (including phenoxy) is 1. The van der Waals surface area contributed by atoms with E-state index in [0.29, 0.717) is 26.2 Å². The zero-order chi connectivity index (χ0) is 17.9. The molecule has 1 aliphatic heterocycles. The fourth-order valence-electron chi connectivity index (χ4n) is 2.48. The summed E-state index contributed by atoms with van der Waals surface area (Å²) in [5, 5.41) is 5.56. The van der Waals surface area contributed by atoms with Gasteiger partial charge in [0.25, 0.3) is 5.91 Å². The number of amides is 1. The molecule has 134 valence electrons. The van der Waals surface area contributed by atoms with E-state index in [1.165, 1.54) is 23.5 Å². The Kier molecular flexibility index (Phi) is 5.48. The van der Waals surface area contributed by atoms with Crippen molar-refractivity contribution < 1.29 is 17.9 Å². The molecule has 2 aromatic rings. The Balaban J connectivity index is 1.68. The van der Waals surface area contributed by atoms with Crippen LogP contribution in [0.4, 0.5) is 0 Å². The third kappa shape index (κ3) is 4.63. The monoisotopic (exact) mass is 381 g/mol. The molecule has 1 saturated heterocycles. The van der Waals surface area contributed by atoms with E-state index in [-0.39, 0.29) is 22.4 Å². The second kappa shape index (κ2) is 7.61. The molecule has 0 unspecified atom stereocenters. The Hall–Kier alpha value is -1.81. The van der Waals surface area contributed by atoms with Crippen molar-refractivity contribution in [2.75, 3.05) is 13.2 Å². The number of nitrogens with zero attached hydrogens (tertiary/aromatic N) is 1. The lowest BCUT2D eigenvalue weighted by atomic mass is 10.2. The normalized spacial score (nSPS) is 17.6. The van der Waals surface area contributed by atoms with Crippen molar-refractivity contribution in [3.8, 4) is 0 Å². The van der Waals surface area contributed by atoms with Gasteiger partial charge >= 0.3 is 0 Å². The van der Waals surface area contributed by atoms with Crippen LogP contribution >= 0.6 is 11.3 Å². The van der Waals surface area contributed by atoms with E-state index in [4.69, 9.17) is 4.74 Å². The van der Waals surface area contributed by atoms with Crippen molar-refractivity contribution in [2.24, 2.45) is 0 Å². The van der Waals surface area contributed by atoms with Gasteiger partial charge in [-0.05, 0) is 31.5 Å². The lowest BCUT2D eigenvalue weighted by Gasteiger charge is -2.12. The molecule has 1 amide bonds. The van der Waals surface area contributed by atoms with Crippen LogP contribution in [0.3, 0.4) is 0 Å². The predicted octanol–water partition coefficient (Wildman–Crippen LogP) is 1.45. The molecular weight excluding hydrogens is 362 g/mol. The molecule has 0 aliphatic carbocycles. The minimum absolute atomic E-state index is 0.0663. The second-order valence-electron chi connectivity index (χ2n) is 5.75. The van der Waals surface area contributed by atoms with Gasteiger partial charge in [0.1, 0.15) is 0 Å². The Morgan fingerprint density at radius 1 is 1.44 bits per heavy atom. The van der Waals surface area contributed by atoms with Gasteiger partial charge in [-0.15, -0.1) is 11.3 Å². The van der Waals surface area contributed by atoms with Gasteiger partial charge in [0, 0.05) is 23.6 Å². The average molecular weight is 381 g/mol. The molecule has 2 heterocycles. The Labute approximate surface area is 150 Å². The molecule has 25 heavy (non-hydrogen) atoms. The zero-order valence-electron chi connectivity index (χ0n) is 13.7. The number of hydrogen-bond donors (Lipinski definition) is 2. The summed E-state index contributed by atoms with van der Waals surface area (Å²) in [5.41, 5.74) is 1.07. The van der Waals surface area contributed by atoms with Gasteiger partial charge in [0.2, 0.25) is 10.0 Å². The molecule has 0 spiro atoms. The van der Waals surface area contributed by atoms with E-state index in [9.17, 15) is 13.2 Å². The van der Waals surface area contributed by atoms with Crippen molar-refractivity contribution in [3.05, 3.63) is 45.9 Å². The topological polar surface area (TPSA) is 97.4 Å². The van der Waals surface area contributed by atoms with Crippen molar-refractivity contribution in [3.63, 3.8) is 0 Å². The van der Waals surface area contributed by atoms with Crippen molar-refractivity contribution in [1.29, 1.82) is 0 Å². The SMILES string of the molecule is Cc1nc(CNC(=O)c2cccc(S(=O)(=O)N[C@H]3CCOC3)c2)cs1. The van der Waals surface area contributed by atoms with E-state index in [2.05, 4.69) is 15.0 Å². The first-order chi connectivity index (χ1) is 11.9. The predicted molar refractivity (Wildman–Crippen MR) is 94.0 cm³/mol. The summed E-state index contributed by atoms with van der Waals surface area (Å²) in [5.74, 6) is -0.341. The van der Waals surface area contributed by atoms with Crippen LogP contribution < -0.4 is 10.0 Å². The van der Waals surface area contributed by atoms with Crippen LogP contribution in [0.2, 0.25) is 0 Å².